The van der Waals surface area contributed by atoms with Gasteiger partial charge in [0.25, 0.3) is 5.91 Å². The number of hydrogen-bond acceptors (Lipinski definition) is 3. The predicted octanol–water partition coefficient (Wildman–Crippen LogP) is 5.09. The van der Waals surface area contributed by atoms with E-state index in [4.69, 9.17) is 11.6 Å². The molecule has 1 amide bonds. The molecule has 1 N–H and O–H groups in total. The van der Waals surface area contributed by atoms with Crippen LogP contribution in [0, 0.1) is 6.92 Å². The molecule has 162 valence electrons. The summed E-state index contributed by atoms with van der Waals surface area (Å²) >= 11 is 5.60. The first-order valence-corrected chi connectivity index (χ1v) is 11.1. The smallest absolute Gasteiger partial charge is 0.322 e. The number of aryl methyl sites for hydroxylation is 1. The van der Waals surface area contributed by atoms with Crippen LogP contribution in [0.2, 0.25) is 5.02 Å². The topological polar surface area (TPSA) is 66.5 Å². The van der Waals surface area contributed by atoms with E-state index >= 15 is 0 Å². The van der Waals surface area contributed by atoms with Gasteiger partial charge < -0.3 is 5.32 Å². The molecule has 1 saturated heterocycles. The van der Waals surface area contributed by atoms with Gasteiger partial charge in [-0.05, 0) is 55.7 Å². The Labute approximate surface area is 177 Å². The summed E-state index contributed by atoms with van der Waals surface area (Å²) in [7, 11) is -3.75. The second kappa shape index (κ2) is 8.56. The van der Waals surface area contributed by atoms with Gasteiger partial charge in [-0.2, -0.15) is 17.5 Å². The van der Waals surface area contributed by atoms with E-state index in [0.29, 0.717) is 18.7 Å². The second-order valence-electron chi connectivity index (χ2n) is 7.09. The minimum absolute atomic E-state index is 0.0211. The van der Waals surface area contributed by atoms with Gasteiger partial charge >= 0.3 is 6.18 Å². The molecule has 30 heavy (non-hydrogen) atoms. The van der Waals surface area contributed by atoms with Crippen LogP contribution >= 0.6 is 11.6 Å². The van der Waals surface area contributed by atoms with Crippen molar-refractivity contribution in [2.45, 2.75) is 37.3 Å². The third-order valence-corrected chi connectivity index (χ3v) is 7.16. The lowest BCUT2D eigenvalue weighted by molar-refractivity contribution is -0.137. The highest BCUT2D eigenvalue weighted by Gasteiger charge is 2.33. The number of halogens is 4. The van der Waals surface area contributed by atoms with Crippen molar-refractivity contribution in [3.8, 4) is 0 Å². The Morgan fingerprint density at radius 1 is 1.07 bits per heavy atom. The number of anilines is 1. The minimum Gasteiger partial charge on any atom is -0.322 e. The van der Waals surface area contributed by atoms with Crippen LogP contribution < -0.4 is 5.32 Å². The standard InChI is InChI=1S/C20H20ClF3N2O3S/c1-13-5-7-15(30(28,29)26-9-3-2-4-10-26)12-16(13)19(27)25-14-6-8-18(21)17(11-14)20(22,23)24/h5-8,11-12H,2-4,9-10H2,1H3,(H,25,27). The summed E-state index contributed by atoms with van der Waals surface area (Å²) in [6.45, 7) is 2.46. The molecule has 0 spiro atoms. The van der Waals surface area contributed by atoms with E-state index in [1.165, 1.54) is 28.6 Å². The van der Waals surface area contributed by atoms with E-state index in [1.54, 1.807) is 6.92 Å². The van der Waals surface area contributed by atoms with Gasteiger partial charge in [0.05, 0.1) is 15.5 Å². The number of carbonyl (C=O) groups is 1. The summed E-state index contributed by atoms with van der Waals surface area (Å²) in [4.78, 5) is 12.7. The number of carbonyl (C=O) groups excluding carboxylic acids is 1. The Balaban J connectivity index is 1.89. The molecule has 2 aromatic rings. The summed E-state index contributed by atoms with van der Waals surface area (Å²) in [5.74, 6) is -0.710. The van der Waals surface area contributed by atoms with Crippen LogP contribution in [0.25, 0.3) is 0 Å². The fourth-order valence-electron chi connectivity index (χ4n) is 3.28. The van der Waals surface area contributed by atoms with E-state index < -0.39 is 32.7 Å². The molecule has 10 heteroatoms. The normalized spacial score (nSPS) is 15.8. The Morgan fingerprint density at radius 2 is 1.73 bits per heavy atom. The molecule has 0 radical (unpaired) electrons. The Bertz CT molecular complexity index is 1070. The third-order valence-electron chi connectivity index (χ3n) is 4.94. The number of nitrogens with one attached hydrogen (secondary N) is 1. The third kappa shape index (κ3) is 4.79. The minimum atomic E-state index is -4.67. The maximum Gasteiger partial charge on any atom is 0.417 e. The quantitative estimate of drug-likeness (QED) is 0.690. The maximum absolute atomic E-state index is 13.0. The Hall–Kier alpha value is -2.10. The first-order valence-electron chi connectivity index (χ1n) is 9.29. The second-order valence-corrected chi connectivity index (χ2v) is 9.43. The lowest BCUT2D eigenvalue weighted by atomic mass is 10.1. The lowest BCUT2D eigenvalue weighted by Crippen LogP contribution is -2.35. The van der Waals surface area contributed by atoms with Gasteiger partial charge in [-0.25, -0.2) is 8.42 Å². The Morgan fingerprint density at radius 3 is 2.37 bits per heavy atom. The molecule has 1 heterocycles. The molecule has 0 bridgehead atoms. The number of alkyl halides is 3. The van der Waals surface area contributed by atoms with E-state index in [-0.39, 0.29) is 16.1 Å². The molecule has 5 nitrogen and oxygen atoms in total. The fraction of sp³-hybridized carbons (Fsp3) is 0.350. The molecule has 0 unspecified atom stereocenters. The number of hydrogen-bond donors (Lipinski definition) is 1. The van der Waals surface area contributed by atoms with Crippen molar-refractivity contribution in [1.82, 2.24) is 4.31 Å². The van der Waals surface area contributed by atoms with Gasteiger partial charge in [0.2, 0.25) is 10.0 Å². The number of sulfonamides is 1. The molecular weight excluding hydrogens is 441 g/mol. The van der Waals surface area contributed by atoms with E-state index in [1.807, 2.05) is 0 Å². The van der Waals surface area contributed by atoms with Crippen LogP contribution in [0.3, 0.4) is 0 Å². The van der Waals surface area contributed by atoms with Crippen molar-refractivity contribution in [2.75, 3.05) is 18.4 Å². The van der Waals surface area contributed by atoms with Crippen molar-refractivity contribution in [3.05, 3.63) is 58.1 Å². The van der Waals surface area contributed by atoms with E-state index in [0.717, 1.165) is 31.4 Å². The van der Waals surface area contributed by atoms with Crippen LogP contribution in [0.1, 0.15) is 40.7 Å². The van der Waals surface area contributed by atoms with Crippen molar-refractivity contribution < 1.29 is 26.4 Å². The zero-order valence-corrected chi connectivity index (χ0v) is 17.7. The van der Waals surface area contributed by atoms with Gasteiger partial charge in [-0.1, -0.05) is 24.1 Å². The number of amides is 1. The number of nitrogens with zero attached hydrogens (tertiary/aromatic N) is 1. The monoisotopic (exact) mass is 460 g/mol. The molecule has 0 aromatic heterocycles. The lowest BCUT2D eigenvalue weighted by Gasteiger charge is -2.26. The molecule has 0 aliphatic carbocycles. The molecule has 2 aromatic carbocycles. The predicted molar refractivity (Wildman–Crippen MR) is 108 cm³/mol. The summed E-state index contributed by atoms with van der Waals surface area (Å²) in [5.41, 5.74) is -0.604. The average Bonchev–Trinajstić information content (AvgIpc) is 2.69. The zero-order valence-electron chi connectivity index (χ0n) is 16.1. The van der Waals surface area contributed by atoms with E-state index in [2.05, 4.69) is 5.32 Å². The van der Waals surface area contributed by atoms with Crippen molar-refractivity contribution in [2.24, 2.45) is 0 Å². The molecule has 1 fully saturated rings. The van der Waals surface area contributed by atoms with Crippen LogP contribution in [-0.2, 0) is 16.2 Å². The highest BCUT2D eigenvalue weighted by atomic mass is 35.5. The largest absolute Gasteiger partial charge is 0.417 e. The molecule has 1 aliphatic rings. The van der Waals surface area contributed by atoms with Gasteiger partial charge in [0.1, 0.15) is 0 Å². The van der Waals surface area contributed by atoms with E-state index in [9.17, 15) is 26.4 Å². The molecular formula is C20H20ClF3N2O3S. The van der Waals surface area contributed by atoms with Crippen molar-refractivity contribution in [1.29, 1.82) is 0 Å². The van der Waals surface area contributed by atoms with Crippen LogP contribution in [-0.4, -0.2) is 31.7 Å². The van der Waals surface area contributed by atoms with Crippen LogP contribution in [0.15, 0.2) is 41.3 Å². The molecule has 0 atom stereocenters. The average molecular weight is 461 g/mol. The fourth-order valence-corrected chi connectivity index (χ4v) is 5.05. The summed E-state index contributed by atoms with van der Waals surface area (Å²) in [6, 6.07) is 7.23. The first kappa shape index (κ1) is 22.6. The molecule has 3 rings (SSSR count). The number of piperidine rings is 1. The van der Waals surface area contributed by atoms with Gasteiger partial charge in [0.15, 0.2) is 0 Å². The van der Waals surface area contributed by atoms with Crippen molar-refractivity contribution >= 4 is 33.2 Å². The summed E-state index contributed by atoms with van der Waals surface area (Å²) in [5, 5.41) is 1.91. The molecule has 0 saturated carbocycles. The maximum atomic E-state index is 13.0. The van der Waals surface area contributed by atoms with Crippen molar-refractivity contribution in [3.63, 3.8) is 0 Å². The summed E-state index contributed by atoms with van der Waals surface area (Å²) in [6.07, 6.45) is -2.15. The molecule has 1 aliphatic heterocycles. The SMILES string of the molecule is Cc1ccc(S(=O)(=O)N2CCCCC2)cc1C(=O)Nc1ccc(Cl)c(C(F)(F)F)c1. The van der Waals surface area contributed by atoms with Gasteiger partial charge in [-0.3, -0.25) is 4.79 Å². The number of benzene rings is 2. The van der Waals surface area contributed by atoms with Crippen LogP contribution in [0.5, 0.6) is 0 Å². The van der Waals surface area contributed by atoms with Gasteiger partial charge in [-0.15, -0.1) is 0 Å². The van der Waals surface area contributed by atoms with Crippen LogP contribution in [0.4, 0.5) is 18.9 Å². The highest BCUT2D eigenvalue weighted by molar-refractivity contribution is 7.89. The number of rotatable bonds is 4. The zero-order chi connectivity index (χ0) is 22.1. The highest BCUT2D eigenvalue weighted by Crippen LogP contribution is 2.36. The van der Waals surface area contributed by atoms with Gasteiger partial charge in [0, 0.05) is 24.3 Å². The first-order chi connectivity index (χ1) is 14.0. The summed E-state index contributed by atoms with van der Waals surface area (Å²) < 4.78 is 66.3. The Kier molecular flexibility index (Phi) is 6.45.